The van der Waals surface area contributed by atoms with E-state index in [1.54, 1.807) is 0 Å². The number of imidazole rings is 1. The molecule has 1 heterocycles. The number of hydrogen-bond acceptors (Lipinski definition) is 2. The number of nitrogens with two attached hydrogens (primary N) is 1. The lowest BCUT2D eigenvalue weighted by molar-refractivity contribution is 0.886. The van der Waals surface area contributed by atoms with Crippen LogP contribution in [-0.4, -0.2) is 9.55 Å². The monoisotopic (exact) mass is 161 g/mol. The van der Waals surface area contributed by atoms with Crippen LogP contribution in [0.15, 0.2) is 18.2 Å². The van der Waals surface area contributed by atoms with Crippen molar-refractivity contribution in [1.29, 1.82) is 0 Å². The van der Waals surface area contributed by atoms with Crippen LogP contribution in [0.4, 0.5) is 5.69 Å². The molecular weight excluding hydrogens is 150 g/mol. The Labute approximate surface area is 70.8 Å². The highest BCUT2D eigenvalue weighted by molar-refractivity contribution is 5.87. The second-order valence-corrected chi connectivity index (χ2v) is 2.93. The molecule has 0 aliphatic rings. The number of benzene rings is 1. The number of anilines is 1. The average Bonchev–Trinajstić information content (AvgIpc) is 2.32. The van der Waals surface area contributed by atoms with E-state index in [1.165, 1.54) is 0 Å². The highest BCUT2D eigenvalue weighted by Crippen LogP contribution is 2.19. The fourth-order valence-corrected chi connectivity index (χ4v) is 1.35. The maximum atomic E-state index is 5.76. The summed E-state index contributed by atoms with van der Waals surface area (Å²) >= 11 is 0. The van der Waals surface area contributed by atoms with Gasteiger partial charge in [-0.3, -0.25) is 0 Å². The van der Waals surface area contributed by atoms with Gasteiger partial charge in [-0.2, -0.15) is 0 Å². The Kier molecular flexibility index (Phi) is 1.33. The minimum atomic E-state index is 0.746. The molecule has 0 saturated heterocycles. The summed E-state index contributed by atoms with van der Waals surface area (Å²) in [4.78, 5) is 4.35. The smallest absolute Gasteiger partial charge is 0.112 e. The highest BCUT2D eigenvalue weighted by atomic mass is 15.1. The quantitative estimate of drug-likeness (QED) is 0.594. The lowest BCUT2D eigenvalue weighted by Crippen LogP contribution is -1.90. The molecule has 1 aromatic heterocycles. The van der Waals surface area contributed by atoms with Gasteiger partial charge >= 0.3 is 0 Å². The van der Waals surface area contributed by atoms with Crippen molar-refractivity contribution in [3.05, 3.63) is 24.0 Å². The van der Waals surface area contributed by atoms with Gasteiger partial charge in [0.1, 0.15) is 11.3 Å². The second kappa shape index (κ2) is 2.24. The topological polar surface area (TPSA) is 43.8 Å². The molecule has 0 amide bonds. The molecule has 2 aromatic rings. The Morgan fingerprint density at radius 1 is 1.42 bits per heavy atom. The van der Waals surface area contributed by atoms with Crippen LogP contribution in [0.2, 0.25) is 0 Å². The van der Waals surface area contributed by atoms with Crippen molar-refractivity contribution < 1.29 is 0 Å². The number of nitrogen functional groups attached to an aromatic ring is 1. The number of aryl methyl sites for hydroxylation is 2. The molecule has 3 heteroatoms. The van der Waals surface area contributed by atoms with Crippen molar-refractivity contribution >= 4 is 16.7 Å². The zero-order valence-electron chi connectivity index (χ0n) is 7.20. The molecule has 0 aliphatic carbocycles. The lowest BCUT2D eigenvalue weighted by Gasteiger charge is -1.96. The van der Waals surface area contributed by atoms with E-state index in [1.807, 2.05) is 36.7 Å². The number of fused-ring (bicyclic) bond motifs is 1. The zero-order chi connectivity index (χ0) is 8.72. The van der Waals surface area contributed by atoms with Crippen LogP contribution in [0.3, 0.4) is 0 Å². The number of hydrogen-bond donors (Lipinski definition) is 1. The van der Waals surface area contributed by atoms with Crippen LogP contribution < -0.4 is 5.73 Å². The van der Waals surface area contributed by atoms with Gasteiger partial charge in [0.15, 0.2) is 0 Å². The summed E-state index contributed by atoms with van der Waals surface area (Å²) < 4.78 is 2.03. The predicted octanol–water partition coefficient (Wildman–Crippen LogP) is 1.46. The SMILES string of the molecule is Cc1nc2c(N)cccc2n1C. The molecule has 0 unspecified atom stereocenters. The third-order valence-electron chi connectivity index (χ3n) is 2.17. The van der Waals surface area contributed by atoms with E-state index < -0.39 is 0 Å². The van der Waals surface area contributed by atoms with Crippen LogP contribution in [0.1, 0.15) is 5.82 Å². The van der Waals surface area contributed by atoms with Crippen molar-refractivity contribution in [2.75, 3.05) is 5.73 Å². The van der Waals surface area contributed by atoms with E-state index in [0.29, 0.717) is 0 Å². The number of rotatable bonds is 0. The van der Waals surface area contributed by atoms with E-state index in [0.717, 1.165) is 22.5 Å². The molecule has 0 aliphatic heterocycles. The maximum Gasteiger partial charge on any atom is 0.112 e. The van der Waals surface area contributed by atoms with Crippen LogP contribution in [0.5, 0.6) is 0 Å². The van der Waals surface area contributed by atoms with Gasteiger partial charge in [0, 0.05) is 7.05 Å². The van der Waals surface area contributed by atoms with Crippen LogP contribution in [0.25, 0.3) is 11.0 Å². The molecule has 62 valence electrons. The molecule has 3 nitrogen and oxygen atoms in total. The number of nitrogens with zero attached hydrogens (tertiary/aromatic N) is 2. The first-order valence-electron chi connectivity index (χ1n) is 3.87. The second-order valence-electron chi connectivity index (χ2n) is 2.93. The van der Waals surface area contributed by atoms with Crippen molar-refractivity contribution in [3.63, 3.8) is 0 Å². The van der Waals surface area contributed by atoms with Crippen LogP contribution in [0, 0.1) is 6.92 Å². The standard InChI is InChI=1S/C9H11N3/c1-6-11-9-7(10)4-3-5-8(9)12(6)2/h3-5H,10H2,1-2H3. The van der Waals surface area contributed by atoms with Gasteiger partial charge in [-0.15, -0.1) is 0 Å². The first-order valence-corrected chi connectivity index (χ1v) is 3.87. The van der Waals surface area contributed by atoms with Gasteiger partial charge in [0.25, 0.3) is 0 Å². The Morgan fingerprint density at radius 2 is 2.17 bits per heavy atom. The molecule has 2 rings (SSSR count). The first-order chi connectivity index (χ1) is 5.70. The third kappa shape index (κ3) is 0.794. The molecule has 0 bridgehead atoms. The minimum absolute atomic E-state index is 0.746. The summed E-state index contributed by atoms with van der Waals surface area (Å²) in [7, 11) is 1.99. The summed E-state index contributed by atoms with van der Waals surface area (Å²) in [6, 6.07) is 5.83. The van der Waals surface area contributed by atoms with E-state index in [4.69, 9.17) is 5.73 Å². The van der Waals surface area contributed by atoms with E-state index in [2.05, 4.69) is 4.98 Å². The van der Waals surface area contributed by atoms with Gasteiger partial charge in [0.2, 0.25) is 0 Å². The van der Waals surface area contributed by atoms with Crippen LogP contribution >= 0.6 is 0 Å². The zero-order valence-corrected chi connectivity index (χ0v) is 7.20. The predicted molar refractivity (Wildman–Crippen MR) is 49.9 cm³/mol. The molecular formula is C9H11N3. The Balaban J connectivity index is 2.95. The van der Waals surface area contributed by atoms with Crippen molar-refractivity contribution in [2.24, 2.45) is 7.05 Å². The normalized spacial score (nSPS) is 10.8. The Bertz CT molecular complexity index is 429. The summed E-state index contributed by atoms with van der Waals surface area (Å²) in [6.07, 6.45) is 0. The first kappa shape index (κ1) is 7.16. The summed E-state index contributed by atoms with van der Waals surface area (Å²) in [5.41, 5.74) is 8.50. The minimum Gasteiger partial charge on any atom is -0.397 e. The van der Waals surface area contributed by atoms with Gasteiger partial charge in [-0.25, -0.2) is 4.98 Å². The molecule has 1 aromatic carbocycles. The molecule has 0 atom stereocenters. The molecule has 2 N–H and O–H groups in total. The van der Waals surface area contributed by atoms with E-state index in [-0.39, 0.29) is 0 Å². The summed E-state index contributed by atoms with van der Waals surface area (Å²) in [5.74, 6) is 0.989. The van der Waals surface area contributed by atoms with Crippen molar-refractivity contribution in [1.82, 2.24) is 9.55 Å². The van der Waals surface area contributed by atoms with Gasteiger partial charge in [-0.1, -0.05) is 6.07 Å². The fraction of sp³-hybridized carbons (Fsp3) is 0.222. The van der Waals surface area contributed by atoms with Crippen molar-refractivity contribution in [3.8, 4) is 0 Å². The van der Waals surface area contributed by atoms with Gasteiger partial charge < -0.3 is 10.3 Å². The molecule has 12 heavy (non-hydrogen) atoms. The highest BCUT2D eigenvalue weighted by Gasteiger charge is 2.04. The molecule has 0 radical (unpaired) electrons. The maximum absolute atomic E-state index is 5.76. The van der Waals surface area contributed by atoms with Gasteiger partial charge in [0.05, 0.1) is 11.2 Å². The summed E-state index contributed by atoms with van der Waals surface area (Å²) in [6.45, 7) is 1.97. The largest absolute Gasteiger partial charge is 0.397 e. The van der Waals surface area contributed by atoms with Crippen LogP contribution in [-0.2, 0) is 7.05 Å². The van der Waals surface area contributed by atoms with E-state index in [9.17, 15) is 0 Å². The average molecular weight is 161 g/mol. The fourth-order valence-electron chi connectivity index (χ4n) is 1.35. The molecule has 0 spiro atoms. The van der Waals surface area contributed by atoms with Gasteiger partial charge in [-0.05, 0) is 19.1 Å². The Morgan fingerprint density at radius 3 is 2.83 bits per heavy atom. The van der Waals surface area contributed by atoms with E-state index >= 15 is 0 Å². The Hall–Kier alpha value is -1.51. The molecule has 0 fully saturated rings. The number of para-hydroxylation sites is 1. The lowest BCUT2D eigenvalue weighted by atomic mass is 10.3. The summed E-state index contributed by atoms with van der Waals surface area (Å²) in [5, 5.41) is 0. The van der Waals surface area contributed by atoms with Crippen molar-refractivity contribution in [2.45, 2.75) is 6.92 Å². The third-order valence-corrected chi connectivity index (χ3v) is 2.17. The number of aromatic nitrogens is 2. The molecule has 0 saturated carbocycles.